The van der Waals surface area contributed by atoms with E-state index in [9.17, 15) is 14.7 Å². The molecule has 27 heavy (non-hydrogen) atoms. The molecule has 6 heteroatoms. The van der Waals surface area contributed by atoms with E-state index in [1.54, 1.807) is 12.1 Å². The molecule has 0 spiro atoms. The molecule has 1 aromatic rings. The van der Waals surface area contributed by atoms with Crippen molar-refractivity contribution >= 4 is 12.0 Å². The fourth-order valence-corrected chi connectivity index (χ4v) is 3.10. The minimum Gasteiger partial charge on any atom is -0.444 e. The molecule has 2 N–H and O–H groups in total. The van der Waals surface area contributed by atoms with Gasteiger partial charge in [-0.05, 0) is 53.0 Å². The zero-order valence-corrected chi connectivity index (χ0v) is 16.6. The number of amides is 2. The second-order valence-electron chi connectivity index (χ2n) is 7.69. The number of fused-ring (bicyclic) bond motifs is 1. The van der Waals surface area contributed by atoms with Crippen molar-refractivity contribution in [3.8, 4) is 0 Å². The summed E-state index contributed by atoms with van der Waals surface area (Å²) in [6.45, 7) is 8.45. The average Bonchev–Trinajstić information content (AvgIpc) is 2.84. The lowest BCUT2D eigenvalue weighted by atomic mass is 10.1. The van der Waals surface area contributed by atoms with Gasteiger partial charge in [-0.1, -0.05) is 29.8 Å². The van der Waals surface area contributed by atoms with Crippen molar-refractivity contribution in [3.05, 3.63) is 47.0 Å². The lowest BCUT2D eigenvalue weighted by Gasteiger charge is -2.21. The Morgan fingerprint density at radius 1 is 1.30 bits per heavy atom. The van der Waals surface area contributed by atoms with E-state index in [4.69, 9.17) is 4.74 Å². The van der Waals surface area contributed by atoms with Crippen LogP contribution in [0.4, 0.5) is 4.79 Å². The molecule has 1 aliphatic rings. The van der Waals surface area contributed by atoms with E-state index < -0.39 is 17.9 Å². The minimum absolute atomic E-state index is 0.119. The van der Waals surface area contributed by atoms with Crippen LogP contribution in [0.1, 0.15) is 69.1 Å². The first-order valence-electron chi connectivity index (χ1n) is 9.42. The highest BCUT2D eigenvalue weighted by Gasteiger charge is 2.34. The van der Waals surface area contributed by atoms with Crippen LogP contribution < -0.4 is 5.32 Å². The Hall–Kier alpha value is -2.34. The fraction of sp³-hybridized carbons (Fsp3) is 0.524. The number of aliphatic hydroxyl groups excluding tert-OH is 1. The van der Waals surface area contributed by atoms with Crippen LogP contribution in [0, 0.1) is 0 Å². The third-order valence-corrected chi connectivity index (χ3v) is 4.44. The first-order valence-corrected chi connectivity index (χ1v) is 9.42. The molecule has 0 radical (unpaired) electrons. The summed E-state index contributed by atoms with van der Waals surface area (Å²) in [4.78, 5) is 25.6. The van der Waals surface area contributed by atoms with Gasteiger partial charge in [-0.2, -0.15) is 0 Å². The zero-order valence-electron chi connectivity index (χ0n) is 16.6. The van der Waals surface area contributed by atoms with E-state index in [-0.39, 0.29) is 5.91 Å². The monoisotopic (exact) mass is 374 g/mol. The van der Waals surface area contributed by atoms with Gasteiger partial charge in [0.2, 0.25) is 0 Å². The van der Waals surface area contributed by atoms with Crippen LogP contribution in [-0.4, -0.2) is 40.7 Å². The summed E-state index contributed by atoms with van der Waals surface area (Å²) in [5, 5.41) is 13.1. The molecule has 1 unspecified atom stereocenters. The number of carbonyl (C=O) groups excluding carboxylic acids is 2. The van der Waals surface area contributed by atoms with Gasteiger partial charge in [-0.3, -0.25) is 4.79 Å². The Morgan fingerprint density at radius 3 is 2.63 bits per heavy atom. The van der Waals surface area contributed by atoms with Gasteiger partial charge in [0, 0.05) is 24.2 Å². The number of ether oxygens (including phenoxy) is 1. The lowest BCUT2D eigenvalue weighted by Crippen LogP contribution is -2.33. The summed E-state index contributed by atoms with van der Waals surface area (Å²) in [7, 11) is 0. The molecule has 0 fully saturated rings. The van der Waals surface area contributed by atoms with Gasteiger partial charge in [0.1, 0.15) is 5.60 Å². The number of carbonyl (C=O) groups is 2. The van der Waals surface area contributed by atoms with Crippen LogP contribution >= 0.6 is 0 Å². The summed E-state index contributed by atoms with van der Waals surface area (Å²) in [6, 6.07) is 7.18. The van der Waals surface area contributed by atoms with Crippen molar-refractivity contribution in [2.24, 2.45) is 0 Å². The largest absolute Gasteiger partial charge is 0.444 e. The zero-order chi connectivity index (χ0) is 20.0. The van der Waals surface area contributed by atoms with Gasteiger partial charge < -0.3 is 20.1 Å². The Kier molecular flexibility index (Phi) is 7.02. The Bertz CT molecular complexity index is 706. The predicted octanol–water partition coefficient (Wildman–Crippen LogP) is 3.77. The summed E-state index contributed by atoms with van der Waals surface area (Å²) in [6.07, 6.45) is 3.04. The standard InChI is InChI=1S/C21H30N2O4/c1-5-15(12-13-22-20(26)27-21(2,3)4)9-8-14-23-18(24)16-10-6-7-11-17(16)19(23)25/h5-7,10-11,18,24H,8-9,12-14H2,1-4H3,(H,22,26)/b15-5-. The summed E-state index contributed by atoms with van der Waals surface area (Å²) in [5.41, 5.74) is 1.95. The number of alkyl carbamates (subject to hydrolysis) is 1. The SMILES string of the molecule is C/C=C(/CCCN1C(=O)c2ccccc2C1O)CCNC(=O)OC(C)(C)C. The van der Waals surface area contributed by atoms with Gasteiger partial charge in [0.05, 0.1) is 0 Å². The molecule has 1 heterocycles. The summed E-state index contributed by atoms with van der Waals surface area (Å²) in [5.74, 6) is -0.119. The van der Waals surface area contributed by atoms with Crippen LogP contribution in [-0.2, 0) is 4.74 Å². The van der Waals surface area contributed by atoms with E-state index in [2.05, 4.69) is 5.32 Å². The number of hydrogen-bond donors (Lipinski definition) is 2. The number of benzene rings is 1. The predicted molar refractivity (Wildman–Crippen MR) is 104 cm³/mol. The third kappa shape index (κ3) is 5.82. The Morgan fingerprint density at radius 2 is 2.00 bits per heavy atom. The number of rotatable bonds is 7. The van der Waals surface area contributed by atoms with Crippen molar-refractivity contribution in [1.82, 2.24) is 10.2 Å². The van der Waals surface area contributed by atoms with Gasteiger partial charge in [-0.25, -0.2) is 4.79 Å². The summed E-state index contributed by atoms with van der Waals surface area (Å²) >= 11 is 0. The molecule has 0 aromatic heterocycles. The Labute approximate surface area is 161 Å². The first kappa shape index (κ1) is 21.0. The van der Waals surface area contributed by atoms with Crippen LogP contribution in [0.15, 0.2) is 35.9 Å². The lowest BCUT2D eigenvalue weighted by molar-refractivity contribution is 0.0172. The maximum atomic E-state index is 12.4. The number of nitrogens with zero attached hydrogens (tertiary/aromatic N) is 1. The van der Waals surface area contributed by atoms with Gasteiger partial charge in [0.25, 0.3) is 5.91 Å². The van der Waals surface area contributed by atoms with Crippen molar-refractivity contribution in [3.63, 3.8) is 0 Å². The van der Waals surface area contributed by atoms with Crippen LogP contribution in [0.2, 0.25) is 0 Å². The highest BCUT2D eigenvalue weighted by atomic mass is 16.6. The average molecular weight is 374 g/mol. The summed E-state index contributed by atoms with van der Waals surface area (Å²) < 4.78 is 5.21. The molecule has 2 amide bonds. The maximum absolute atomic E-state index is 12.4. The number of allylic oxidation sites excluding steroid dienone is 1. The van der Waals surface area contributed by atoms with Crippen molar-refractivity contribution < 1.29 is 19.4 Å². The van der Waals surface area contributed by atoms with Crippen molar-refractivity contribution in [2.45, 2.75) is 58.8 Å². The maximum Gasteiger partial charge on any atom is 0.407 e. The molecule has 1 atom stereocenters. The molecular formula is C21H30N2O4. The molecule has 6 nitrogen and oxygen atoms in total. The molecule has 0 bridgehead atoms. The second kappa shape index (κ2) is 9.04. The van der Waals surface area contributed by atoms with Crippen LogP contribution in [0.3, 0.4) is 0 Å². The molecule has 1 aliphatic heterocycles. The molecule has 1 aromatic carbocycles. The quantitative estimate of drug-likeness (QED) is 0.712. The first-order chi connectivity index (χ1) is 12.7. The van der Waals surface area contributed by atoms with Gasteiger partial charge in [0.15, 0.2) is 6.23 Å². The number of aliphatic hydroxyl groups is 1. The van der Waals surface area contributed by atoms with E-state index in [1.807, 2.05) is 45.9 Å². The highest BCUT2D eigenvalue weighted by Crippen LogP contribution is 2.31. The van der Waals surface area contributed by atoms with Crippen molar-refractivity contribution in [1.29, 1.82) is 0 Å². The van der Waals surface area contributed by atoms with E-state index in [0.717, 1.165) is 19.3 Å². The molecular weight excluding hydrogens is 344 g/mol. The molecule has 0 saturated carbocycles. The van der Waals surface area contributed by atoms with Gasteiger partial charge in [-0.15, -0.1) is 0 Å². The number of nitrogens with one attached hydrogen (secondary N) is 1. The van der Waals surface area contributed by atoms with Crippen LogP contribution in [0.25, 0.3) is 0 Å². The second-order valence-corrected chi connectivity index (χ2v) is 7.69. The normalized spacial score (nSPS) is 17.1. The molecule has 2 rings (SSSR count). The van der Waals surface area contributed by atoms with Gasteiger partial charge >= 0.3 is 6.09 Å². The van der Waals surface area contributed by atoms with Crippen molar-refractivity contribution in [2.75, 3.05) is 13.1 Å². The van der Waals surface area contributed by atoms with Crippen LogP contribution in [0.5, 0.6) is 0 Å². The Balaban J connectivity index is 1.74. The minimum atomic E-state index is -0.864. The molecule has 0 saturated heterocycles. The molecule has 148 valence electrons. The number of hydrogen-bond acceptors (Lipinski definition) is 4. The fourth-order valence-electron chi connectivity index (χ4n) is 3.10. The van der Waals surface area contributed by atoms with E-state index in [0.29, 0.717) is 24.2 Å². The topological polar surface area (TPSA) is 78.9 Å². The smallest absolute Gasteiger partial charge is 0.407 e. The molecule has 0 aliphatic carbocycles. The third-order valence-electron chi connectivity index (χ3n) is 4.44. The highest BCUT2D eigenvalue weighted by molar-refractivity contribution is 5.98. The van der Waals surface area contributed by atoms with E-state index in [1.165, 1.54) is 10.5 Å². The van der Waals surface area contributed by atoms with E-state index >= 15 is 0 Å².